The molecule has 0 aliphatic carbocycles. The summed E-state index contributed by atoms with van der Waals surface area (Å²) in [4.78, 5) is 0. The van der Waals surface area contributed by atoms with Crippen LogP contribution < -0.4 is 0 Å². The zero-order valence-corrected chi connectivity index (χ0v) is 4.93. The van der Waals surface area contributed by atoms with E-state index in [0.717, 1.165) is 0 Å². The minimum Gasteiger partial charge on any atom is -0.507 e. The third kappa shape index (κ3) is 1.06. The molecule has 49 valence electrons. The van der Waals surface area contributed by atoms with E-state index in [1.165, 1.54) is 12.1 Å². The maximum atomic E-state index is 12.4. The monoisotopic (exact) mass is 136 g/mol. The highest BCUT2D eigenvalue weighted by molar-refractivity contribution is 5.34. The maximum Gasteiger partial charge on any atom is 0.152 e. The average Bonchev–Trinajstić information content (AvgIpc) is 1.88. The van der Waals surface area contributed by atoms with Crippen molar-refractivity contribution in [3.05, 3.63) is 29.6 Å². The molecule has 1 aromatic rings. The smallest absolute Gasteiger partial charge is 0.152 e. The van der Waals surface area contributed by atoms with Crippen molar-refractivity contribution in [2.24, 2.45) is 0 Å². The van der Waals surface area contributed by atoms with Crippen molar-refractivity contribution in [3.63, 3.8) is 0 Å². The Bertz CT molecular complexity index is 290. The van der Waals surface area contributed by atoms with Crippen molar-refractivity contribution in [2.75, 3.05) is 0 Å². The number of aromatic hydroxyl groups is 1. The number of hydrogen-bond acceptors (Lipinski definition) is 2. The SMILES string of the molecule is N#Cc1ccc(O)[c]c1F. The largest absolute Gasteiger partial charge is 0.507 e. The Balaban J connectivity index is 3.23. The van der Waals surface area contributed by atoms with Crippen molar-refractivity contribution in [2.45, 2.75) is 0 Å². The second-order valence-electron chi connectivity index (χ2n) is 1.68. The van der Waals surface area contributed by atoms with E-state index < -0.39 is 5.82 Å². The zero-order chi connectivity index (χ0) is 7.56. The van der Waals surface area contributed by atoms with E-state index in [1.54, 1.807) is 6.07 Å². The van der Waals surface area contributed by atoms with Gasteiger partial charge in [0.2, 0.25) is 0 Å². The lowest BCUT2D eigenvalue weighted by Gasteiger charge is -1.91. The van der Waals surface area contributed by atoms with Crippen LogP contribution in [-0.2, 0) is 0 Å². The molecule has 0 spiro atoms. The highest BCUT2D eigenvalue weighted by Crippen LogP contribution is 2.12. The van der Waals surface area contributed by atoms with Crippen LogP contribution in [0.15, 0.2) is 12.1 Å². The summed E-state index contributed by atoms with van der Waals surface area (Å²) < 4.78 is 12.4. The normalized spacial score (nSPS) is 8.80. The Labute approximate surface area is 57.1 Å². The molecule has 0 fully saturated rings. The molecule has 0 amide bonds. The fraction of sp³-hybridized carbons (Fsp3) is 0. The van der Waals surface area contributed by atoms with Crippen LogP contribution in [-0.4, -0.2) is 5.11 Å². The van der Waals surface area contributed by atoms with Crippen LogP contribution in [0.25, 0.3) is 0 Å². The highest BCUT2D eigenvalue weighted by atomic mass is 19.1. The number of benzene rings is 1. The summed E-state index contributed by atoms with van der Waals surface area (Å²) in [5, 5.41) is 16.8. The molecule has 0 saturated heterocycles. The number of nitriles is 1. The predicted molar refractivity (Wildman–Crippen MR) is 31.6 cm³/mol. The summed E-state index contributed by atoms with van der Waals surface area (Å²) in [6, 6.07) is 5.97. The number of hydrogen-bond donors (Lipinski definition) is 1. The first-order valence-corrected chi connectivity index (χ1v) is 2.55. The van der Waals surface area contributed by atoms with E-state index in [1.807, 2.05) is 6.07 Å². The summed E-state index contributed by atoms with van der Waals surface area (Å²) in [5.41, 5.74) is -0.113. The minimum absolute atomic E-state index is 0.113. The zero-order valence-electron chi connectivity index (χ0n) is 4.93. The molecular formula is C7H3FNO. The van der Waals surface area contributed by atoms with Gasteiger partial charge in [-0.25, -0.2) is 4.39 Å². The molecule has 1 aromatic carbocycles. The number of phenols is 1. The molecule has 0 unspecified atom stereocenters. The highest BCUT2D eigenvalue weighted by Gasteiger charge is 2.00. The summed E-state index contributed by atoms with van der Waals surface area (Å²) in [5.74, 6) is -1.11. The molecule has 0 aliphatic rings. The van der Waals surface area contributed by atoms with Crippen molar-refractivity contribution >= 4 is 0 Å². The third-order valence-corrected chi connectivity index (χ3v) is 1.00. The number of halogens is 1. The van der Waals surface area contributed by atoms with Crippen molar-refractivity contribution in [1.29, 1.82) is 5.26 Å². The van der Waals surface area contributed by atoms with Crippen LogP contribution in [0.1, 0.15) is 5.56 Å². The first-order chi connectivity index (χ1) is 4.74. The minimum atomic E-state index is -0.817. The Morgan fingerprint density at radius 2 is 2.30 bits per heavy atom. The summed E-state index contributed by atoms with van der Waals surface area (Å²) >= 11 is 0. The van der Waals surface area contributed by atoms with Gasteiger partial charge in [-0.15, -0.1) is 0 Å². The van der Waals surface area contributed by atoms with Gasteiger partial charge >= 0.3 is 0 Å². The van der Waals surface area contributed by atoms with Gasteiger partial charge in [0.1, 0.15) is 11.8 Å². The molecule has 0 aromatic heterocycles. The maximum absolute atomic E-state index is 12.4. The van der Waals surface area contributed by atoms with Crippen molar-refractivity contribution in [3.8, 4) is 11.8 Å². The van der Waals surface area contributed by atoms with Gasteiger partial charge in [-0.2, -0.15) is 5.26 Å². The first kappa shape index (κ1) is 6.56. The standard InChI is InChI=1S/C7H3FNO/c8-7-3-6(10)2-1-5(7)4-9/h1-2,10H. The molecule has 10 heavy (non-hydrogen) atoms. The summed E-state index contributed by atoms with van der Waals surface area (Å²) in [7, 11) is 0. The predicted octanol–water partition coefficient (Wildman–Crippen LogP) is 1.20. The second kappa shape index (κ2) is 2.36. The average molecular weight is 136 g/mol. The quantitative estimate of drug-likeness (QED) is 0.582. The molecule has 0 atom stereocenters. The first-order valence-electron chi connectivity index (χ1n) is 2.55. The topological polar surface area (TPSA) is 44.0 Å². The molecule has 0 saturated carbocycles. The van der Waals surface area contributed by atoms with E-state index in [9.17, 15) is 4.39 Å². The molecule has 1 rings (SSSR count). The van der Waals surface area contributed by atoms with Gasteiger partial charge in [0.15, 0.2) is 5.82 Å². The molecule has 1 radical (unpaired) electrons. The molecule has 3 heteroatoms. The molecule has 2 nitrogen and oxygen atoms in total. The summed E-state index contributed by atoms with van der Waals surface area (Å²) in [6.07, 6.45) is 0. The van der Waals surface area contributed by atoms with Crippen molar-refractivity contribution in [1.82, 2.24) is 0 Å². The lowest BCUT2D eigenvalue weighted by molar-refractivity contribution is 0.467. The van der Waals surface area contributed by atoms with Crippen LogP contribution in [0.5, 0.6) is 5.75 Å². The molecule has 0 heterocycles. The lowest BCUT2D eigenvalue weighted by Crippen LogP contribution is -1.81. The summed E-state index contributed by atoms with van der Waals surface area (Å²) in [6.45, 7) is 0. The molecule has 1 N–H and O–H groups in total. The number of nitrogens with zero attached hydrogens (tertiary/aromatic N) is 1. The lowest BCUT2D eigenvalue weighted by atomic mass is 10.2. The van der Waals surface area contributed by atoms with Crippen LogP contribution >= 0.6 is 0 Å². The fourth-order valence-electron chi connectivity index (χ4n) is 0.543. The number of phenolic OH excluding ortho intramolecular Hbond substituents is 1. The van der Waals surface area contributed by atoms with Crippen LogP contribution in [0.4, 0.5) is 4.39 Å². The van der Waals surface area contributed by atoms with E-state index in [0.29, 0.717) is 0 Å². The van der Waals surface area contributed by atoms with Crippen molar-refractivity contribution < 1.29 is 9.50 Å². The Morgan fingerprint density at radius 3 is 2.80 bits per heavy atom. The third-order valence-electron chi connectivity index (χ3n) is 1.00. The van der Waals surface area contributed by atoms with Gasteiger partial charge in [-0.05, 0) is 12.1 Å². The molecule has 0 bridgehead atoms. The molecular weight excluding hydrogens is 133 g/mol. The van der Waals surface area contributed by atoms with Gasteiger partial charge < -0.3 is 5.11 Å². The Hall–Kier alpha value is -1.56. The van der Waals surface area contributed by atoms with Crippen LogP contribution in [0.3, 0.4) is 0 Å². The van der Waals surface area contributed by atoms with E-state index in [-0.39, 0.29) is 11.3 Å². The van der Waals surface area contributed by atoms with Crippen LogP contribution in [0.2, 0.25) is 0 Å². The van der Waals surface area contributed by atoms with Gasteiger partial charge in [-0.1, -0.05) is 0 Å². The number of rotatable bonds is 0. The molecule has 0 aliphatic heterocycles. The fourth-order valence-corrected chi connectivity index (χ4v) is 0.543. The second-order valence-corrected chi connectivity index (χ2v) is 1.68. The van der Waals surface area contributed by atoms with Crippen LogP contribution in [0, 0.1) is 23.2 Å². The van der Waals surface area contributed by atoms with Gasteiger partial charge in [0.25, 0.3) is 0 Å². The van der Waals surface area contributed by atoms with E-state index in [4.69, 9.17) is 10.4 Å². The van der Waals surface area contributed by atoms with E-state index >= 15 is 0 Å². The van der Waals surface area contributed by atoms with E-state index in [2.05, 4.69) is 0 Å². The Morgan fingerprint density at radius 1 is 1.60 bits per heavy atom. The van der Waals surface area contributed by atoms with Gasteiger partial charge in [-0.3, -0.25) is 0 Å². The Kier molecular flexibility index (Phi) is 1.55. The van der Waals surface area contributed by atoms with Gasteiger partial charge in [0, 0.05) is 0 Å². The van der Waals surface area contributed by atoms with Gasteiger partial charge in [0.05, 0.1) is 11.6 Å².